The molecule has 0 saturated carbocycles. The molecule has 32 heavy (non-hydrogen) atoms. The van der Waals surface area contributed by atoms with Crippen molar-refractivity contribution < 1.29 is 22.7 Å². The van der Waals surface area contributed by atoms with E-state index in [0.717, 1.165) is 5.75 Å². The van der Waals surface area contributed by atoms with Crippen LogP contribution in [0.25, 0.3) is 0 Å². The molecule has 3 rings (SSSR count). The Hall–Kier alpha value is -2.53. The van der Waals surface area contributed by atoms with Gasteiger partial charge in [0, 0.05) is 12.5 Å². The van der Waals surface area contributed by atoms with Crippen LogP contribution in [0.4, 0.5) is 0 Å². The molecule has 9 nitrogen and oxygen atoms in total. The number of rotatable bonds is 12. The van der Waals surface area contributed by atoms with Crippen molar-refractivity contribution in [3.05, 3.63) is 42.7 Å². The van der Waals surface area contributed by atoms with Crippen LogP contribution in [-0.4, -0.2) is 66.1 Å². The van der Waals surface area contributed by atoms with E-state index in [0.29, 0.717) is 49.5 Å². The predicted octanol–water partition coefficient (Wildman–Crippen LogP) is 2.05. The fourth-order valence-electron chi connectivity index (χ4n) is 3.35. The second-order valence-electron chi connectivity index (χ2n) is 7.23. The number of allylic oxidation sites excluding steroid dienone is 1. The van der Waals surface area contributed by atoms with Gasteiger partial charge in [-0.2, -0.15) is 0 Å². The van der Waals surface area contributed by atoms with Gasteiger partial charge in [0.15, 0.2) is 15.0 Å². The summed E-state index contributed by atoms with van der Waals surface area (Å²) in [6, 6.07) is 7.32. The first-order chi connectivity index (χ1) is 15.4. The number of hydrogen-bond acceptors (Lipinski definition) is 8. The monoisotopic (exact) mass is 480 g/mol. The Kier molecular flexibility index (Phi) is 8.57. The van der Waals surface area contributed by atoms with Crippen molar-refractivity contribution in [1.29, 1.82) is 0 Å². The van der Waals surface area contributed by atoms with E-state index in [9.17, 15) is 13.2 Å². The Morgan fingerprint density at radius 2 is 2.00 bits per heavy atom. The molecule has 1 aromatic heterocycles. The number of aromatic nitrogens is 3. The molecular formula is C21H28N4O5S2. The van der Waals surface area contributed by atoms with E-state index in [1.165, 1.54) is 11.8 Å². The minimum absolute atomic E-state index is 0.0851. The van der Waals surface area contributed by atoms with Gasteiger partial charge in [0.25, 0.3) is 0 Å². The molecule has 1 saturated heterocycles. The lowest BCUT2D eigenvalue weighted by molar-refractivity contribution is -0.118. The van der Waals surface area contributed by atoms with Gasteiger partial charge in [0.05, 0.1) is 30.4 Å². The topological polar surface area (TPSA) is 112 Å². The molecule has 1 unspecified atom stereocenters. The fraction of sp³-hybridized carbons (Fsp3) is 0.476. The molecule has 2 aromatic rings. The van der Waals surface area contributed by atoms with Crippen LogP contribution >= 0.6 is 11.8 Å². The molecule has 1 aliphatic heterocycles. The van der Waals surface area contributed by atoms with E-state index in [1.807, 2.05) is 35.8 Å². The van der Waals surface area contributed by atoms with E-state index >= 15 is 0 Å². The third-order valence-electron chi connectivity index (χ3n) is 4.81. The van der Waals surface area contributed by atoms with Gasteiger partial charge >= 0.3 is 0 Å². The van der Waals surface area contributed by atoms with Crippen molar-refractivity contribution in [1.82, 2.24) is 20.1 Å². The molecule has 1 aliphatic rings. The molecule has 0 aliphatic carbocycles. The van der Waals surface area contributed by atoms with Crippen LogP contribution in [0.2, 0.25) is 0 Å². The molecular weight excluding hydrogens is 452 g/mol. The normalized spacial score (nSPS) is 17.1. The van der Waals surface area contributed by atoms with Crippen LogP contribution in [-0.2, 0) is 21.2 Å². The van der Waals surface area contributed by atoms with Crippen molar-refractivity contribution >= 4 is 27.5 Å². The van der Waals surface area contributed by atoms with E-state index < -0.39 is 9.84 Å². The summed E-state index contributed by atoms with van der Waals surface area (Å²) in [5.41, 5.74) is 0. The van der Waals surface area contributed by atoms with Crippen molar-refractivity contribution in [3.8, 4) is 11.5 Å². The van der Waals surface area contributed by atoms with E-state index in [1.54, 1.807) is 6.08 Å². The maximum Gasteiger partial charge on any atom is 0.230 e. The Morgan fingerprint density at radius 3 is 2.62 bits per heavy atom. The molecule has 1 atom stereocenters. The number of nitrogens with zero attached hydrogens (tertiary/aromatic N) is 3. The van der Waals surface area contributed by atoms with Crippen molar-refractivity contribution in [3.63, 3.8) is 0 Å². The van der Waals surface area contributed by atoms with Gasteiger partial charge in [-0.05, 0) is 37.6 Å². The minimum Gasteiger partial charge on any atom is -0.494 e. The Morgan fingerprint density at radius 1 is 1.28 bits per heavy atom. The maximum absolute atomic E-state index is 12.2. The average molecular weight is 481 g/mol. The van der Waals surface area contributed by atoms with Gasteiger partial charge in [-0.1, -0.05) is 17.8 Å². The summed E-state index contributed by atoms with van der Waals surface area (Å²) >= 11 is 1.26. The number of nitrogens with one attached hydrogen (secondary N) is 1. The lowest BCUT2D eigenvalue weighted by Crippen LogP contribution is -2.29. The first kappa shape index (κ1) is 24.1. The van der Waals surface area contributed by atoms with Crippen LogP contribution in [0.15, 0.2) is 42.1 Å². The van der Waals surface area contributed by atoms with Crippen LogP contribution in [0.1, 0.15) is 25.1 Å². The number of thioether (sulfide) groups is 1. The zero-order chi connectivity index (χ0) is 23.0. The summed E-state index contributed by atoms with van der Waals surface area (Å²) in [6.07, 6.45) is 2.25. The molecule has 11 heteroatoms. The summed E-state index contributed by atoms with van der Waals surface area (Å²) in [5.74, 6) is 2.23. The number of ether oxygens (including phenoxy) is 2. The molecule has 174 valence electrons. The van der Waals surface area contributed by atoms with Crippen molar-refractivity contribution in [2.45, 2.75) is 31.0 Å². The lowest BCUT2D eigenvalue weighted by atomic mass is 10.1. The van der Waals surface area contributed by atoms with E-state index in [4.69, 9.17) is 9.47 Å². The highest BCUT2D eigenvalue weighted by atomic mass is 32.2. The second-order valence-corrected chi connectivity index (χ2v) is 10.4. The van der Waals surface area contributed by atoms with Crippen LogP contribution in [0.3, 0.4) is 0 Å². The zero-order valence-corrected chi connectivity index (χ0v) is 19.7. The molecule has 0 bridgehead atoms. The van der Waals surface area contributed by atoms with Gasteiger partial charge in [0.2, 0.25) is 5.91 Å². The first-order valence-corrected chi connectivity index (χ1v) is 13.2. The standard InChI is InChI=1S/C21H28N4O5S2/c1-3-11-25-20(16-9-13-32(27,28)15-16)23-24-21(25)31-14-19(26)22-10-12-30-18-7-5-17(6-8-18)29-4-2/h3,5-8,16H,1,4,9-15H2,2H3,(H,22,26). The molecule has 1 fully saturated rings. The highest BCUT2D eigenvalue weighted by molar-refractivity contribution is 7.99. The van der Waals surface area contributed by atoms with Crippen molar-refractivity contribution in [2.75, 3.05) is 37.0 Å². The molecule has 0 spiro atoms. The largest absolute Gasteiger partial charge is 0.494 e. The number of carbonyl (C=O) groups excluding carboxylic acids is 1. The Labute approximate surface area is 192 Å². The summed E-state index contributed by atoms with van der Waals surface area (Å²) in [4.78, 5) is 12.2. The lowest BCUT2D eigenvalue weighted by Gasteiger charge is -2.11. The van der Waals surface area contributed by atoms with Crippen LogP contribution in [0.5, 0.6) is 11.5 Å². The number of amides is 1. The highest BCUT2D eigenvalue weighted by Gasteiger charge is 2.33. The second kappa shape index (κ2) is 11.4. The third-order valence-corrected chi connectivity index (χ3v) is 7.55. The van der Waals surface area contributed by atoms with Crippen LogP contribution in [0, 0.1) is 0 Å². The summed E-state index contributed by atoms with van der Waals surface area (Å²) in [5, 5.41) is 11.8. The predicted molar refractivity (Wildman–Crippen MR) is 123 cm³/mol. The molecule has 2 heterocycles. The molecule has 1 N–H and O–H groups in total. The Balaban J connectivity index is 1.44. The summed E-state index contributed by atoms with van der Waals surface area (Å²) in [6.45, 7) is 7.46. The van der Waals surface area contributed by atoms with Gasteiger partial charge in [-0.3, -0.25) is 4.79 Å². The highest BCUT2D eigenvalue weighted by Crippen LogP contribution is 2.30. The number of sulfone groups is 1. The zero-order valence-electron chi connectivity index (χ0n) is 18.0. The van der Waals surface area contributed by atoms with Crippen molar-refractivity contribution in [2.24, 2.45) is 0 Å². The van der Waals surface area contributed by atoms with Gasteiger partial charge in [-0.25, -0.2) is 8.42 Å². The van der Waals surface area contributed by atoms with Gasteiger partial charge < -0.3 is 19.4 Å². The third kappa shape index (κ3) is 6.73. The average Bonchev–Trinajstić information content (AvgIpc) is 3.33. The molecule has 1 aromatic carbocycles. The summed E-state index contributed by atoms with van der Waals surface area (Å²) in [7, 11) is -3.03. The molecule has 1 amide bonds. The van der Waals surface area contributed by atoms with Gasteiger partial charge in [0.1, 0.15) is 23.9 Å². The number of hydrogen-bond donors (Lipinski definition) is 1. The number of benzene rings is 1. The minimum atomic E-state index is -3.03. The number of carbonyl (C=O) groups is 1. The van der Waals surface area contributed by atoms with E-state index in [2.05, 4.69) is 22.1 Å². The van der Waals surface area contributed by atoms with E-state index in [-0.39, 0.29) is 29.1 Å². The SMILES string of the molecule is C=CCn1c(SCC(=O)NCCOc2ccc(OCC)cc2)nnc1C1CCS(=O)(=O)C1. The van der Waals surface area contributed by atoms with Gasteiger partial charge in [-0.15, -0.1) is 16.8 Å². The first-order valence-electron chi connectivity index (χ1n) is 10.4. The Bertz CT molecular complexity index is 1020. The van der Waals surface area contributed by atoms with Crippen LogP contribution < -0.4 is 14.8 Å². The quantitative estimate of drug-likeness (QED) is 0.279. The maximum atomic E-state index is 12.2. The fourth-order valence-corrected chi connectivity index (χ4v) is 5.87. The summed E-state index contributed by atoms with van der Waals surface area (Å²) < 4.78 is 36.5. The molecule has 0 radical (unpaired) electrons. The smallest absolute Gasteiger partial charge is 0.230 e.